The van der Waals surface area contributed by atoms with Crippen LogP contribution in [-0.2, 0) is 4.79 Å². The van der Waals surface area contributed by atoms with Crippen molar-refractivity contribution in [2.24, 2.45) is 17.6 Å². The summed E-state index contributed by atoms with van der Waals surface area (Å²) in [6.45, 7) is 0.542. The van der Waals surface area contributed by atoms with Gasteiger partial charge in [-0.05, 0) is 67.9 Å². The number of hydrogen-bond acceptors (Lipinski definition) is 6. The molecule has 1 fully saturated rings. The molecule has 2 aromatic rings. The highest BCUT2D eigenvalue weighted by atomic mass is 16.5. The number of carbonyl (C=O) groups excluding carboxylic acids is 1. The Labute approximate surface area is 199 Å². The number of nitrogens with zero attached hydrogens (tertiary/aromatic N) is 1. The Balaban J connectivity index is 1.36. The number of allylic oxidation sites excluding steroid dienone is 5. The number of nitrogens with one attached hydrogen (secondary N) is 1. The predicted molar refractivity (Wildman–Crippen MR) is 131 cm³/mol. The lowest BCUT2D eigenvalue weighted by Gasteiger charge is -2.31. The van der Waals surface area contributed by atoms with Crippen LogP contribution in [0.4, 0.5) is 0 Å². The van der Waals surface area contributed by atoms with Gasteiger partial charge in [-0.1, -0.05) is 12.2 Å². The van der Waals surface area contributed by atoms with Crippen LogP contribution < -0.4 is 25.3 Å². The van der Waals surface area contributed by atoms with Gasteiger partial charge in [0.2, 0.25) is 5.91 Å². The minimum Gasteiger partial charge on any atom is -0.493 e. The van der Waals surface area contributed by atoms with Crippen molar-refractivity contribution in [3.63, 3.8) is 0 Å². The van der Waals surface area contributed by atoms with Gasteiger partial charge in [0, 0.05) is 36.2 Å². The Morgan fingerprint density at radius 3 is 2.85 bits per heavy atom. The van der Waals surface area contributed by atoms with Gasteiger partial charge in [0.05, 0.1) is 19.2 Å². The van der Waals surface area contributed by atoms with Gasteiger partial charge < -0.3 is 25.3 Å². The van der Waals surface area contributed by atoms with Crippen LogP contribution in [0.25, 0.3) is 10.9 Å². The van der Waals surface area contributed by atoms with Crippen LogP contribution in [0.3, 0.4) is 0 Å². The lowest BCUT2D eigenvalue weighted by molar-refractivity contribution is -0.125. The minimum atomic E-state index is -0.0571. The number of rotatable bonds is 8. The van der Waals surface area contributed by atoms with E-state index in [0.29, 0.717) is 23.9 Å². The molecule has 0 aliphatic heterocycles. The van der Waals surface area contributed by atoms with Gasteiger partial charge in [-0.25, -0.2) is 0 Å². The summed E-state index contributed by atoms with van der Waals surface area (Å²) in [5.41, 5.74) is 8.01. The largest absolute Gasteiger partial charge is 0.493 e. The molecule has 34 heavy (non-hydrogen) atoms. The number of methoxy groups -OCH3 is 1. The zero-order valence-corrected chi connectivity index (χ0v) is 19.7. The van der Waals surface area contributed by atoms with Gasteiger partial charge in [-0.3, -0.25) is 9.78 Å². The standard InChI is InChI=1S/C27H31N3O4/c1-29-26(31)20-5-3-4-17-14-18(6-7-19(17)20)34-23-8-12-30-22-16-25(24(32-2)15-21(22)23)33-13-11-27(28)9-10-27/h3-4,6,8,12,14-16,19-20H,5,7,9-11,13,28H2,1-2H3,(H,29,31). The van der Waals surface area contributed by atoms with Crippen molar-refractivity contribution >= 4 is 16.8 Å². The van der Waals surface area contributed by atoms with Crippen LogP contribution in [-0.4, -0.2) is 37.2 Å². The number of hydrogen-bond donors (Lipinski definition) is 2. The molecule has 178 valence electrons. The first-order valence-corrected chi connectivity index (χ1v) is 11.9. The van der Waals surface area contributed by atoms with Crippen LogP contribution in [0.2, 0.25) is 0 Å². The van der Waals surface area contributed by atoms with Crippen molar-refractivity contribution in [2.75, 3.05) is 20.8 Å². The van der Waals surface area contributed by atoms with E-state index in [0.717, 1.165) is 54.3 Å². The summed E-state index contributed by atoms with van der Waals surface area (Å²) in [7, 11) is 3.32. The molecule has 0 radical (unpaired) electrons. The molecule has 5 rings (SSSR count). The number of nitrogens with two attached hydrogens (primary N) is 1. The average Bonchev–Trinajstić information content (AvgIpc) is 3.59. The van der Waals surface area contributed by atoms with Crippen LogP contribution >= 0.6 is 0 Å². The molecule has 1 saturated carbocycles. The maximum absolute atomic E-state index is 12.3. The van der Waals surface area contributed by atoms with Gasteiger partial charge in [-0.2, -0.15) is 0 Å². The van der Waals surface area contributed by atoms with Crippen molar-refractivity contribution in [2.45, 2.75) is 37.6 Å². The first-order valence-electron chi connectivity index (χ1n) is 11.9. The molecule has 1 aromatic carbocycles. The first kappa shape index (κ1) is 22.5. The van der Waals surface area contributed by atoms with Crippen molar-refractivity contribution < 1.29 is 19.0 Å². The smallest absolute Gasteiger partial charge is 0.223 e. The Hall–Kier alpha value is -3.32. The Bertz CT molecular complexity index is 1200. The topological polar surface area (TPSA) is 95.7 Å². The fourth-order valence-electron chi connectivity index (χ4n) is 4.73. The summed E-state index contributed by atoms with van der Waals surface area (Å²) in [6.07, 6.45) is 14.4. The third kappa shape index (κ3) is 4.53. The first-order chi connectivity index (χ1) is 16.5. The van der Waals surface area contributed by atoms with E-state index < -0.39 is 0 Å². The quantitative estimate of drug-likeness (QED) is 0.616. The van der Waals surface area contributed by atoms with Gasteiger partial charge in [0.25, 0.3) is 0 Å². The van der Waals surface area contributed by atoms with E-state index in [1.807, 2.05) is 24.3 Å². The number of pyridine rings is 1. The van der Waals surface area contributed by atoms with Crippen molar-refractivity contribution in [1.82, 2.24) is 10.3 Å². The molecule has 3 N–H and O–H groups in total. The summed E-state index contributed by atoms with van der Waals surface area (Å²) >= 11 is 0. The van der Waals surface area contributed by atoms with E-state index in [2.05, 4.69) is 28.5 Å². The van der Waals surface area contributed by atoms with Gasteiger partial charge in [0.1, 0.15) is 11.5 Å². The van der Waals surface area contributed by atoms with Crippen LogP contribution in [0, 0.1) is 11.8 Å². The molecule has 2 unspecified atom stereocenters. The molecule has 1 amide bonds. The van der Waals surface area contributed by atoms with E-state index in [9.17, 15) is 4.79 Å². The summed E-state index contributed by atoms with van der Waals surface area (Å²) in [5.74, 6) is 2.95. The van der Waals surface area contributed by atoms with E-state index in [1.54, 1.807) is 20.4 Å². The molecule has 0 spiro atoms. The minimum absolute atomic E-state index is 0.0439. The second-order valence-corrected chi connectivity index (χ2v) is 9.34. The van der Waals surface area contributed by atoms with Crippen molar-refractivity contribution in [1.29, 1.82) is 0 Å². The molecule has 3 aliphatic carbocycles. The zero-order chi connectivity index (χ0) is 23.7. The fraction of sp³-hybridized carbons (Fsp3) is 0.407. The fourth-order valence-corrected chi connectivity index (χ4v) is 4.73. The van der Waals surface area contributed by atoms with Crippen LogP contribution in [0.5, 0.6) is 17.2 Å². The highest BCUT2D eigenvalue weighted by Gasteiger charge is 2.37. The molecule has 7 nitrogen and oxygen atoms in total. The number of fused-ring (bicyclic) bond motifs is 2. The monoisotopic (exact) mass is 461 g/mol. The second-order valence-electron chi connectivity index (χ2n) is 9.34. The highest BCUT2D eigenvalue weighted by Crippen LogP contribution is 2.40. The molecule has 7 heteroatoms. The zero-order valence-electron chi connectivity index (χ0n) is 19.7. The van der Waals surface area contributed by atoms with Crippen LogP contribution in [0.15, 0.2) is 60.0 Å². The molecule has 1 aromatic heterocycles. The van der Waals surface area contributed by atoms with E-state index in [4.69, 9.17) is 19.9 Å². The lowest BCUT2D eigenvalue weighted by Crippen LogP contribution is -2.35. The number of benzene rings is 1. The number of aromatic nitrogens is 1. The summed E-state index contributed by atoms with van der Waals surface area (Å²) < 4.78 is 17.9. The molecular formula is C27H31N3O4. The predicted octanol–water partition coefficient (Wildman–Crippen LogP) is 4.03. The summed E-state index contributed by atoms with van der Waals surface area (Å²) in [6, 6.07) is 5.64. The number of ether oxygens (including phenoxy) is 3. The molecule has 0 bridgehead atoms. The summed E-state index contributed by atoms with van der Waals surface area (Å²) in [5, 5.41) is 3.63. The van der Waals surface area contributed by atoms with Gasteiger partial charge in [0.15, 0.2) is 11.5 Å². The third-order valence-electron chi connectivity index (χ3n) is 7.04. The van der Waals surface area contributed by atoms with E-state index in [-0.39, 0.29) is 23.3 Å². The van der Waals surface area contributed by atoms with Crippen LogP contribution in [0.1, 0.15) is 32.1 Å². The average molecular weight is 462 g/mol. The Morgan fingerprint density at radius 2 is 2.09 bits per heavy atom. The van der Waals surface area contributed by atoms with E-state index in [1.165, 1.54) is 0 Å². The highest BCUT2D eigenvalue weighted by molar-refractivity contribution is 5.88. The maximum Gasteiger partial charge on any atom is 0.223 e. The van der Waals surface area contributed by atoms with E-state index >= 15 is 0 Å². The lowest BCUT2D eigenvalue weighted by atomic mass is 9.75. The number of carbonyl (C=O) groups is 1. The van der Waals surface area contributed by atoms with Gasteiger partial charge in [-0.15, -0.1) is 0 Å². The molecular weight excluding hydrogens is 430 g/mol. The summed E-state index contributed by atoms with van der Waals surface area (Å²) in [4.78, 5) is 16.8. The molecule has 2 atom stereocenters. The van der Waals surface area contributed by atoms with Crippen molar-refractivity contribution in [3.8, 4) is 17.2 Å². The Kier molecular flexibility index (Phi) is 6.04. The molecule has 1 heterocycles. The Morgan fingerprint density at radius 1 is 1.24 bits per heavy atom. The second kappa shape index (κ2) is 9.14. The molecule has 0 saturated heterocycles. The normalized spacial score (nSPS) is 22.3. The SMILES string of the molecule is CNC(=O)C1CC=CC2=CC(Oc3ccnc4cc(OCCC5(N)CC5)c(OC)cc34)=CCC21. The maximum atomic E-state index is 12.3. The van der Waals surface area contributed by atoms with Gasteiger partial charge >= 0.3 is 0 Å². The van der Waals surface area contributed by atoms with Crippen molar-refractivity contribution in [3.05, 3.63) is 60.0 Å². The molecule has 3 aliphatic rings. The number of amides is 1. The third-order valence-corrected chi connectivity index (χ3v) is 7.04.